The van der Waals surface area contributed by atoms with E-state index in [9.17, 15) is 18.0 Å². The van der Waals surface area contributed by atoms with Gasteiger partial charge < -0.3 is 11.1 Å². The van der Waals surface area contributed by atoms with E-state index in [1.165, 1.54) is 0 Å². The predicted molar refractivity (Wildman–Crippen MR) is 80.1 cm³/mol. The van der Waals surface area contributed by atoms with Crippen LogP contribution >= 0.6 is 0 Å². The molecule has 1 rings (SSSR count). The highest BCUT2D eigenvalue weighted by Gasteiger charge is 2.22. The van der Waals surface area contributed by atoms with Crippen molar-refractivity contribution in [1.29, 1.82) is 0 Å². The molecule has 0 heterocycles. The Kier molecular flexibility index (Phi) is 4.60. The van der Waals surface area contributed by atoms with E-state index in [0.717, 1.165) is 0 Å². The maximum atomic E-state index is 11.8. The first kappa shape index (κ1) is 16.6. The van der Waals surface area contributed by atoms with Gasteiger partial charge in [-0.15, -0.1) is 0 Å². The standard InChI is InChI=1S/C12H21N3O4S/c1-7(14-9-8(13)10(16)11(9)17)5-6-20(18,19)15-12(2,3)4/h7,14-15H,5-6,13H2,1-4H3. The monoisotopic (exact) mass is 303 g/mol. The van der Waals surface area contributed by atoms with Crippen molar-refractivity contribution >= 4 is 21.4 Å². The molecule has 0 aromatic heterocycles. The van der Waals surface area contributed by atoms with Gasteiger partial charge in [-0.05, 0) is 34.1 Å². The average Bonchev–Trinajstić information content (AvgIpc) is 2.29. The van der Waals surface area contributed by atoms with E-state index in [1.807, 2.05) is 0 Å². The molecule has 0 radical (unpaired) electrons. The SMILES string of the molecule is CC(CCS(=O)(=O)NC(C)(C)C)Nc1c(N)c(=O)c1=O. The van der Waals surface area contributed by atoms with Gasteiger partial charge in [-0.25, -0.2) is 13.1 Å². The molecule has 0 saturated carbocycles. The van der Waals surface area contributed by atoms with Crippen LogP contribution in [0, 0.1) is 0 Å². The van der Waals surface area contributed by atoms with Crippen LogP contribution in [-0.4, -0.2) is 25.8 Å². The minimum atomic E-state index is -3.39. The van der Waals surface area contributed by atoms with E-state index < -0.39 is 26.4 Å². The van der Waals surface area contributed by atoms with Crippen molar-refractivity contribution in [3.8, 4) is 0 Å². The molecule has 0 bridgehead atoms. The van der Waals surface area contributed by atoms with Crippen LogP contribution in [0.25, 0.3) is 0 Å². The number of sulfonamides is 1. The van der Waals surface area contributed by atoms with E-state index in [2.05, 4.69) is 10.0 Å². The Morgan fingerprint density at radius 2 is 1.75 bits per heavy atom. The summed E-state index contributed by atoms with van der Waals surface area (Å²) in [4.78, 5) is 22.2. The molecule has 1 aromatic rings. The Hall–Kier alpha value is -1.41. The molecule has 20 heavy (non-hydrogen) atoms. The van der Waals surface area contributed by atoms with Gasteiger partial charge in [-0.3, -0.25) is 9.59 Å². The quantitative estimate of drug-likeness (QED) is 0.625. The Balaban J connectivity index is 2.55. The van der Waals surface area contributed by atoms with Gasteiger partial charge in [0.1, 0.15) is 11.4 Å². The van der Waals surface area contributed by atoms with Crippen LogP contribution in [0.3, 0.4) is 0 Å². The van der Waals surface area contributed by atoms with E-state index in [1.54, 1.807) is 27.7 Å². The van der Waals surface area contributed by atoms with E-state index in [4.69, 9.17) is 5.73 Å². The van der Waals surface area contributed by atoms with Crippen LogP contribution in [0.1, 0.15) is 34.1 Å². The van der Waals surface area contributed by atoms with Crippen LogP contribution in [0.2, 0.25) is 0 Å². The zero-order valence-electron chi connectivity index (χ0n) is 12.1. The lowest BCUT2D eigenvalue weighted by Crippen LogP contribution is -2.43. The first-order valence-corrected chi connectivity index (χ1v) is 7.95. The lowest BCUT2D eigenvalue weighted by atomic mass is 10.1. The summed E-state index contributed by atoms with van der Waals surface area (Å²) in [7, 11) is -3.39. The number of anilines is 2. The molecule has 0 fully saturated rings. The summed E-state index contributed by atoms with van der Waals surface area (Å²) in [6.07, 6.45) is 0.295. The van der Waals surface area contributed by atoms with Gasteiger partial charge in [0, 0.05) is 11.6 Å². The third-order valence-corrected chi connectivity index (χ3v) is 4.32. The third-order valence-electron chi connectivity index (χ3n) is 2.62. The molecule has 0 aliphatic heterocycles. The number of nitrogens with one attached hydrogen (secondary N) is 2. The molecule has 1 aromatic carbocycles. The van der Waals surface area contributed by atoms with Crippen molar-refractivity contribution < 1.29 is 8.42 Å². The molecular weight excluding hydrogens is 282 g/mol. The second kappa shape index (κ2) is 5.53. The summed E-state index contributed by atoms with van der Waals surface area (Å²) in [5.74, 6) is -0.0756. The van der Waals surface area contributed by atoms with Crippen LogP contribution in [0.15, 0.2) is 9.59 Å². The molecule has 8 heteroatoms. The smallest absolute Gasteiger partial charge is 0.253 e. The van der Waals surface area contributed by atoms with Gasteiger partial charge in [-0.2, -0.15) is 0 Å². The summed E-state index contributed by atoms with van der Waals surface area (Å²) in [6.45, 7) is 7.01. The van der Waals surface area contributed by atoms with Crippen molar-refractivity contribution in [2.45, 2.75) is 45.7 Å². The summed E-state index contributed by atoms with van der Waals surface area (Å²) in [5.41, 5.74) is 3.52. The van der Waals surface area contributed by atoms with Crippen molar-refractivity contribution in [2.75, 3.05) is 16.8 Å². The van der Waals surface area contributed by atoms with Gasteiger partial charge in [0.15, 0.2) is 0 Å². The highest BCUT2D eigenvalue weighted by atomic mass is 32.2. The van der Waals surface area contributed by atoms with Crippen LogP contribution in [0.5, 0.6) is 0 Å². The fourth-order valence-corrected chi connectivity index (χ4v) is 3.42. The molecule has 0 aliphatic carbocycles. The lowest BCUT2D eigenvalue weighted by molar-refractivity contribution is 0.489. The highest BCUT2D eigenvalue weighted by Crippen LogP contribution is 2.12. The lowest BCUT2D eigenvalue weighted by Gasteiger charge is -2.22. The minimum absolute atomic E-state index is 0.0756. The van der Waals surface area contributed by atoms with E-state index in [-0.39, 0.29) is 23.2 Å². The first-order chi connectivity index (χ1) is 8.93. The number of hydrogen-bond acceptors (Lipinski definition) is 6. The third kappa shape index (κ3) is 4.31. The van der Waals surface area contributed by atoms with Gasteiger partial charge in [0.25, 0.3) is 10.9 Å². The zero-order chi connectivity index (χ0) is 15.7. The molecule has 0 spiro atoms. The van der Waals surface area contributed by atoms with E-state index in [0.29, 0.717) is 6.42 Å². The van der Waals surface area contributed by atoms with Crippen molar-refractivity contribution in [2.24, 2.45) is 0 Å². The molecule has 7 nitrogen and oxygen atoms in total. The topological polar surface area (TPSA) is 118 Å². The second-order valence-electron chi connectivity index (χ2n) is 5.95. The molecule has 114 valence electrons. The number of rotatable bonds is 6. The fraction of sp³-hybridized carbons (Fsp3) is 0.667. The van der Waals surface area contributed by atoms with Crippen molar-refractivity contribution in [1.82, 2.24) is 4.72 Å². The molecule has 0 amide bonds. The zero-order valence-corrected chi connectivity index (χ0v) is 12.9. The van der Waals surface area contributed by atoms with E-state index >= 15 is 0 Å². The summed E-state index contributed by atoms with van der Waals surface area (Å²) < 4.78 is 26.2. The van der Waals surface area contributed by atoms with Gasteiger partial charge in [0.05, 0.1) is 5.75 Å². The number of nitrogen functional groups attached to an aromatic ring is 1. The highest BCUT2D eigenvalue weighted by molar-refractivity contribution is 7.89. The Labute approximate surface area is 118 Å². The molecule has 0 saturated heterocycles. The van der Waals surface area contributed by atoms with Gasteiger partial charge in [-0.1, -0.05) is 0 Å². The van der Waals surface area contributed by atoms with Crippen LogP contribution in [-0.2, 0) is 10.0 Å². The Morgan fingerprint density at radius 1 is 1.20 bits per heavy atom. The Morgan fingerprint density at radius 3 is 2.20 bits per heavy atom. The predicted octanol–water partition coefficient (Wildman–Crippen LogP) is -0.227. The summed E-state index contributed by atoms with van der Waals surface area (Å²) in [5, 5.41) is 2.77. The minimum Gasteiger partial charge on any atom is -0.394 e. The fourth-order valence-electron chi connectivity index (χ4n) is 1.72. The molecule has 0 aliphatic rings. The normalized spacial score (nSPS) is 14.4. The van der Waals surface area contributed by atoms with Crippen LogP contribution in [0.4, 0.5) is 11.4 Å². The molecular formula is C12H21N3O4S. The summed E-state index contributed by atoms with van der Waals surface area (Å²) in [6, 6.07) is -0.280. The molecule has 1 unspecified atom stereocenters. The largest absolute Gasteiger partial charge is 0.394 e. The number of hydrogen-bond donors (Lipinski definition) is 3. The van der Waals surface area contributed by atoms with Gasteiger partial charge >= 0.3 is 0 Å². The maximum absolute atomic E-state index is 11.8. The van der Waals surface area contributed by atoms with Crippen LogP contribution < -0.4 is 26.6 Å². The van der Waals surface area contributed by atoms with Crippen molar-refractivity contribution in [3.05, 3.63) is 20.4 Å². The second-order valence-corrected chi connectivity index (χ2v) is 7.79. The first-order valence-electron chi connectivity index (χ1n) is 6.30. The van der Waals surface area contributed by atoms with Crippen molar-refractivity contribution in [3.63, 3.8) is 0 Å². The summed E-state index contributed by atoms with van der Waals surface area (Å²) >= 11 is 0. The number of nitrogens with two attached hydrogens (primary N) is 1. The maximum Gasteiger partial charge on any atom is 0.253 e. The van der Waals surface area contributed by atoms with Gasteiger partial charge in [0.2, 0.25) is 10.0 Å². The molecule has 1 atom stereocenters. The Bertz CT molecular complexity index is 651. The molecule has 4 N–H and O–H groups in total. The average molecular weight is 303 g/mol.